The summed E-state index contributed by atoms with van der Waals surface area (Å²) in [5, 5.41) is 16.2. The second kappa shape index (κ2) is 15.6. The van der Waals surface area contributed by atoms with Crippen molar-refractivity contribution in [1.29, 1.82) is 0 Å². The number of ether oxygens (including phenoxy) is 3. The highest BCUT2D eigenvalue weighted by Gasteiger charge is 2.32. The van der Waals surface area contributed by atoms with Gasteiger partial charge in [-0.1, -0.05) is 72.8 Å². The first-order valence-electron chi connectivity index (χ1n) is 15.1. The van der Waals surface area contributed by atoms with Gasteiger partial charge in [0, 0.05) is 36.2 Å². The first-order valence-corrected chi connectivity index (χ1v) is 16.1. The fourth-order valence-electron chi connectivity index (χ4n) is 5.01. The molecule has 46 heavy (non-hydrogen) atoms. The van der Waals surface area contributed by atoms with Crippen LogP contribution in [0.4, 0.5) is 10.5 Å². The van der Waals surface area contributed by atoms with E-state index in [1.54, 1.807) is 30.1 Å². The molecule has 3 atom stereocenters. The number of anilines is 1. The zero-order chi connectivity index (χ0) is 31.6. The maximum absolute atomic E-state index is 12.6. The topological polar surface area (TPSA) is 102 Å². The van der Waals surface area contributed by atoms with E-state index in [0.717, 1.165) is 38.8 Å². The van der Waals surface area contributed by atoms with Gasteiger partial charge in [-0.2, -0.15) is 0 Å². The van der Waals surface area contributed by atoms with Crippen LogP contribution < -0.4 is 15.4 Å². The maximum Gasteiger partial charge on any atom is 0.319 e. The number of urea groups is 1. The number of rotatable bonds is 11. The van der Waals surface area contributed by atoms with Crippen LogP contribution in [0.5, 0.6) is 11.5 Å². The molecule has 0 saturated carbocycles. The standard InChI is InChI=1S/C37H35N3O5S/c41-24-27-11-13-28(14-12-27)34-22-33(25-46-35-8-4-5-21-38-35)44-36(45-34)29-15-9-26(10-16-29)23-39-37(42)40-30-17-19-32(20-18-30)43-31-6-2-1-3-7-31/h1-21,33-34,36,41H,22-25H2,(H2,39,40,42)/t33-,34+,36+/m1/s1. The Morgan fingerprint density at radius 2 is 1.50 bits per heavy atom. The molecular formula is C37H35N3O5S. The molecule has 0 unspecified atom stereocenters. The van der Waals surface area contributed by atoms with Crippen LogP contribution in [-0.2, 0) is 22.6 Å². The summed E-state index contributed by atoms with van der Waals surface area (Å²) >= 11 is 1.66. The minimum absolute atomic E-state index is 0.00145. The number of hydrogen-bond donors (Lipinski definition) is 3. The van der Waals surface area contributed by atoms with E-state index in [0.29, 0.717) is 24.4 Å². The van der Waals surface area contributed by atoms with E-state index in [9.17, 15) is 9.90 Å². The third-order valence-electron chi connectivity index (χ3n) is 7.47. The lowest BCUT2D eigenvalue weighted by Crippen LogP contribution is -2.31. The van der Waals surface area contributed by atoms with E-state index in [1.807, 2.05) is 109 Å². The Morgan fingerprint density at radius 1 is 0.804 bits per heavy atom. The van der Waals surface area contributed by atoms with Crippen molar-refractivity contribution >= 4 is 23.5 Å². The largest absolute Gasteiger partial charge is 0.457 e. The summed E-state index contributed by atoms with van der Waals surface area (Å²) in [5.41, 5.74) is 4.41. The van der Waals surface area contributed by atoms with Crippen molar-refractivity contribution in [2.24, 2.45) is 0 Å². The molecular weight excluding hydrogens is 598 g/mol. The van der Waals surface area contributed by atoms with Gasteiger partial charge in [0.25, 0.3) is 0 Å². The minimum Gasteiger partial charge on any atom is -0.457 e. The molecule has 1 saturated heterocycles. The monoisotopic (exact) mass is 633 g/mol. The highest BCUT2D eigenvalue weighted by molar-refractivity contribution is 7.99. The number of nitrogens with zero attached hydrogens (tertiary/aromatic N) is 1. The number of pyridine rings is 1. The lowest BCUT2D eigenvalue weighted by Gasteiger charge is -2.36. The predicted octanol–water partition coefficient (Wildman–Crippen LogP) is 8.03. The van der Waals surface area contributed by atoms with Gasteiger partial charge in [0.15, 0.2) is 6.29 Å². The van der Waals surface area contributed by atoms with Gasteiger partial charge in [0.1, 0.15) is 11.5 Å². The first kappa shape index (κ1) is 31.3. The summed E-state index contributed by atoms with van der Waals surface area (Å²) in [6.07, 6.45) is 1.72. The number of hydrogen-bond acceptors (Lipinski definition) is 7. The number of aliphatic hydroxyl groups is 1. The van der Waals surface area contributed by atoms with Gasteiger partial charge in [-0.25, -0.2) is 9.78 Å². The van der Waals surface area contributed by atoms with E-state index in [4.69, 9.17) is 14.2 Å². The molecule has 6 rings (SSSR count). The number of thioether (sulfide) groups is 1. The van der Waals surface area contributed by atoms with Crippen molar-refractivity contribution < 1.29 is 24.1 Å². The molecule has 0 radical (unpaired) electrons. The molecule has 2 amide bonds. The van der Waals surface area contributed by atoms with Crippen molar-refractivity contribution in [2.75, 3.05) is 11.1 Å². The van der Waals surface area contributed by atoms with E-state index in [-0.39, 0.29) is 24.8 Å². The second-order valence-corrected chi connectivity index (χ2v) is 11.9. The molecule has 0 aliphatic carbocycles. The molecule has 8 nitrogen and oxygen atoms in total. The second-order valence-electron chi connectivity index (χ2n) is 10.8. The third-order valence-corrected chi connectivity index (χ3v) is 8.54. The van der Waals surface area contributed by atoms with Crippen LogP contribution in [0.15, 0.2) is 133 Å². The van der Waals surface area contributed by atoms with Crippen LogP contribution in [0.25, 0.3) is 0 Å². The minimum atomic E-state index is -0.551. The Morgan fingerprint density at radius 3 is 2.22 bits per heavy atom. The van der Waals surface area contributed by atoms with Gasteiger partial charge < -0.3 is 30.0 Å². The molecule has 0 bridgehead atoms. The molecule has 5 aromatic rings. The number of nitrogens with one attached hydrogen (secondary N) is 2. The third kappa shape index (κ3) is 8.74. The molecule has 1 aliphatic rings. The molecule has 9 heteroatoms. The normalized spacial score (nSPS) is 17.6. The van der Waals surface area contributed by atoms with Crippen LogP contribution in [0.2, 0.25) is 0 Å². The number of carbonyl (C=O) groups is 1. The van der Waals surface area contributed by atoms with Crippen LogP contribution in [-0.4, -0.2) is 28.0 Å². The van der Waals surface area contributed by atoms with Crippen LogP contribution in [0.3, 0.4) is 0 Å². The Labute approximate surface area is 272 Å². The highest BCUT2D eigenvalue weighted by atomic mass is 32.2. The Kier molecular flexibility index (Phi) is 10.6. The number of benzene rings is 4. The smallest absolute Gasteiger partial charge is 0.319 e. The Bertz CT molecular complexity index is 1670. The van der Waals surface area contributed by atoms with E-state index in [2.05, 4.69) is 15.6 Å². The number of carbonyl (C=O) groups excluding carboxylic acids is 1. The summed E-state index contributed by atoms with van der Waals surface area (Å²) in [6.45, 7) is 0.359. The van der Waals surface area contributed by atoms with E-state index in [1.165, 1.54) is 0 Å². The summed E-state index contributed by atoms with van der Waals surface area (Å²) in [4.78, 5) is 17.0. The average Bonchev–Trinajstić information content (AvgIpc) is 3.12. The molecule has 1 aromatic heterocycles. The van der Waals surface area contributed by atoms with E-state index < -0.39 is 6.29 Å². The van der Waals surface area contributed by atoms with Gasteiger partial charge in [0.05, 0.1) is 23.8 Å². The van der Waals surface area contributed by atoms with Crippen molar-refractivity contribution in [3.63, 3.8) is 0 Å². The van der Waals surface area contributed by atoms with Crippen molar-refractivity contribution in [3.05, 3.63) is 150 Å². The summed E-state index contributed by atoms with van der Waals surface area (Å²) in [6, 6.07) is 38.1. The molecule has 2 heterocycles. The summed E-state index contributed by atoms with van der Waals surface area (Å²) in [5.74, 6) is 2.18. The number of aromatic nitrogens is 1. The molecule has 234 valence electrons. The zero-order valence-electron chi connectivity index (χ0n) is 25.1. The zero-order valence-corrected chi connectivity index (χ0v) is 25.9. The van der Waals surface area contributed by atoms with Crippen molar-refractivity contribution in [1.82, 2.24) is 10.3 Å². The fraction of sp³-hybridized carbons (Fsp3) is 0.189. The summed E-state index contributed by atoms with van der Waals surface area (Å²) in [7, 11) is 0. The van der Waals surface area contributed by atoms with Gasteiger partial charge in [-0.05, 0) is 65.2 Å². The van der Waals surface area contributed by atoms with Crippen molar-refractivity contribution in [3.8, 4) is 11.5 Å². The average molecular weight is 634 g/mol. The first-order chi connectivity index (χ1) is 22.6. The maximum atomic E-state index is 12.6. The number of para-hydroxylation sites is 1. The Balaban J connectivity index is 1.04. The summed E-state index contributed by atoms with van der Waals surface area (Å²) < 4.78 is 18.7. The fourth-order valence-corrected chi connectivity index (χ4v) is 5.90. The SMILES string of the molecule is O=C(NCc1ccc([C@H]2O[C@@H](CSc3ccccn3)C[C@@H](c3ccc(CO)cc3)O2)cc1)Nc1ccc(Oc2ccccc2)cc1. The van der Waals surface area contributed by atoms with Gasteiger partial charge in [0.2, 0.25) is 0 Å². The van der Waals surface area contributed by atoms with Gasteiger partial charge in [-0.15, -0.1) is 11.8 Å². The molecule has 0 spiro atoms. The van der Waals surface area contributed by atoms with Crippen LogP contribution in [0, 0.1) is 0 Å². The van der Waals surface area contributed by atoms with Crippen LogP contribution >= 0.6 is 11.8 Å². The van der Waals surface area contributed by atoms with Gasteiger partial charge in [-0.3, -0.25) is 0 Å². The molecule has 1 aliphatic heterocycles. The molecule has 1 fully saturated rings. The van der Waals surface area contributed by atoms with Crippen molar-refractivity contribution in [2.45, 2.75) is 43.1 Å². The number of aliphatic hydroxyl groups excluding tert-OH is 1. The lowest BCUT2D eigenvalue weighted by molar-refractivity contribution is -0.245. The molecule has 4 aromatic carbocycles. The van der Waals surface area contributed by atoms with Gasteiger partial charge >= 0.3 is 6.03 Å². The highest BCUT2D eigenvalue weighted by Crippen LogP contribution is 2.39. The Hall–Kier alpha value is -4.67. The lowest BCUT2D eigenvalue weighted by atomic mass is 10.0. The molecule has 3 N–H and O–H groups in total. The van der Waals surface area contributed by atoms with E-state index >= 15 is 0 Å². The van der Waals surface area contributed by atoms with Crippen LogP contribution in [0.1, 0.15) is 41.1 Å². The quantitative estimate of drug-likeness (QED) is 0.127. The predicted molar refractivity (Wildman–Crippen MR) is 179 cm³/mol. The number of amides is 2.